The van der Waals surface area contributed by atoms with Gasteiger partial charge < -0.3 is 37.5 Å². The number of aromatic nitrogens is 2. The summed E-state index contributed by atoms with van der Waals surface area (Å²) in [5.41, 5.74) is 11.5. The van der Waals surface area contributed by atoms with Gasteiger partial charge in [0.15, 0.2) is 0 Å². The summed E-state index contributed by atoms with van der Waals surface area (Å²) in [5, 5.41) is 17.0. The maximum Gasteiger partial charge on any atom is 0.326 e. The normalized spacial score (nSPS) is 15.4. The van der Waals surface area contributed by atoms with Gasteiger partial charge in [-0.1, -0.05) is 34.1 Å². The number of hydrogen-bond acceptors (Lipinski definition) is 7. The lowest BCUT2D eigenvalue weighted by Gasteiger charge is -2.28. The number of nitrogens with zero attached hydrogens (tertiary/aromatic N) is 1. The molecule has 0 radical (unpaired) electrons. The van der Waals surface area contributed by atoms with Gasteiger partial charge in [-0.25, -0.2) is 9.78 Å². The fraction of sp³-hybridized carbons (Fsp3) is 0.636. The second-order valence-corrected chi connectivity index (χ2v) is 8.89. The van der Waals surface area contributed by atoms with Crippen molar-refractivity contribution < 1.29 is 29.1 Å². The highest BCUT2D eigenvalue weighted by Crippen LogP contribution is 2.11. The molecule has 13 nitrogen and oxygen atoms in total. The van der Waals surface area contributed by atoms with E-state index >= 15 is 0 Å². The molecule has 0 saturated carbocycles. The molecule has 0 aliphatic carbocycles. The molecular formula is C22H37N7O6. The number of hydrogen-bond donors (Lipinski definition) is 7. The summed E-state index contributed by atoms with van der Waals surface area (Å²) in [6.07, 6.45) is 2.94. The monoisotopic (exact) mass is 495 g/mol. The van der Waals surface area contributed by atoms with Crippen LogP contribution >= 0.6 is 0 Å². The predicted molar refractivity (Wildman–Crippen MR) is 126 cm³/mol. The summed E-state index contributed by atoms with van der Waals surface area (Å²) < 4.78 is 0. The molecule has 1 rings (SSSR count). The van der Waals surface area contributed by atoms with Crippen molar-refractivity contribution in [3.05, 3.63) is 18.2 Å². The molecule has 35 heavy (non-hydrogen) atoms. The summed E-state index contributed by atoms with van der Waals surface area (Å²) in [6, 6.07) is -4.37. The molecule has 5 unspecified atom stereocenters. The molecule has 0 aliphatic rings. The Morgan fingerprint density at radius 3 is 2.14 bits per heavy atom. The Morgan fingerprint density at radius 1 is 1.03 bits per heavy atom. The van der Waals surface area contributed by atoms with Crippen molar-refractivity contribution in [2.24, 2.45) is 23.3 Å². The summed E-state index contributed by atoms with van der Waals surface area (Å²) in [6.45, 7) is 7.19. The van der Waals surface area contributed by atoms with Crippen molar-refractivity contribution in [1.29, 1.82) is 0 Å². The predicted octanol–water partition coefficient (Wildman–Crippen LogP) is -1.21. The molecular weight excluding hydrogens is 458 g/mol. The molecule has 0 fully saturated rings. The average Bonchev–Trinajstić information content (AvgIpc) is 3.30. The van der Waals surface area contributed by atoms with E-state index in [2.05, 4.69) is 25.9 Å². The van der Waals surface area contributed by atoms with Crippen LogP contribution in [0.1, 0.15) is 52.7 Å². The molecule has 0 aliphatic heterocycles. The third kappa shape index (κ3) is 9.73. The van der Waals surface area contributed by atoms with E-state index in [-0.39, 0.29) is 31.1 Å². The number of nitrogens with two attached hydrogens (primary N) is 2. The Bertz CT molecular complexity index is 874. The molecule has 0 spiro atoms. The van der Waals surface area contributed by atoms with Crippen LogP contribution in [0.2, 0.25) is 0 Å². The molecule has 5 atom stereocenters. The van der Waals surface area contributed by atoms with Gasteiger partial charge in [0, 0.05) is 24.7 Å². The maximum absolute atomic E-state index is 13.2. The van der Waals surface area contributed by atoms with Gasteiger partial charge in [-0.05, 0) is 18.3 Å². The summed E-state index contributed by atoms with van der Waals surface area (Å²) >= 11 is 0. The second-order valence-electron chi connectivity index (χ2n) is 8.89. The lowest BCUT2D eigenvalue weighted by Crippen LogP contribution is -2.59. The van der Waals surface area contributed by atoms with Gasteiger partial charge >= 0.3 is 5.97 Å². The number of rotatable bonds is 15. The second kappa shape index (κ2) is 14.0. The maximum atomic E-state index is 13.2. The Kier molecular flexibility index (Phi) is 11.9. The first-order valence-electron chi connectivity index (χ1n) is 11.5. The Labute approximate surface area is 204 Å². The van der Waals surface area contributed by atoms with Crippen molar-refractivity contribution in [1.82, 2.24) is 25.9 Å². The lowest BCUT2D eigenvalue weighted by atomic mass is 9.96. The molecule has 0 aromatic carbocycles. The van der Waals surface area contributed by atoms with Gasteiger partial charge in [-0.15, -0.1) is 0 Å². The van der Waals surface area contributed by atoms with Crippen LogP contribution in [-0.4, -0.2) is 68.8 Å². The SMILES string of the molecule is CCC(C)C(NC(=O)C(N)C(C)C)C(=O)NC(Cc1cnc[nH]1)C(=O)NC(CCC(N)=O)C(=O)O. The molecule has 196 valence electrons. The Morgan fingerprint density at radius 2 is 1.66 bits per heavy atom. The topological polar surface area (TPSA) is 222 Å². The zero-order valence-corrected chi connectivity index (χ0v) is 20.5. The zero-order valence-electron chi connectivity index (χ0n) is 20.5. The molecule has 13 heteroatoms. The third-order valence-corrected chi connectivity index (χ3v) is 5.72. The van der Waals surface area contributed by atoms with E-state index in [1.165, 1.54) is 12.5 Å². The van der Waals surface area contributed by atoms with Gasteiger partial charge in [0.2, 0.25) is 23.6 Å². The minimum atomic E-state index is -1.38. The molecule has 1 aromatic rings. The molecule has 0 saturated heterocycles. The number of carbonyl (C=O) groups is 5. The van der Waals surface area contributed by atoms with E-state index in [1.54, 1.807) is 20.8 Å². The van der Waals surface area contributed by atoms with E-state index in [0.717, 1.165) is 0 Å². The number of carbonyl (C=O) groups excluding carboxylic acids is 4. The van der Waals surface area contributed by atoms with Crippen molar-refractivity contribution in [2.75, 3.05) is 0 Å². The number of primary amides is 1. The van der Waals surface area contributed by atoms with E-state index in [0.29, 0.717) is 12.1 Å². The minimum absolute atomic E-state index is 0.0214. The number of nitrogens with one attached hydrogen (secondary N) is 4. The van der Waals surface area contributed by atoms with Crippen LogP contribution in [0, 0.1) is 11.8 Å². The number of amides is 4. The van der Waals surface area contributed by atoms with Crippen molar-refractivity contribution in [3.8, 4) is 0 Å². The Balaban J connectivity index is 3.10. The minimum Gasteiger partial charge on any atom is -0.480 e. The highest BCUT2D eigenvalue weighted by molar-refractivity contribution is 5.94. The average molecular weight is 496 g/mol. The van der Waals surface area contributed by atoms with Gasteiger partial charge in [-0.2, -0.15) is 0 Å². The van der Waals surface area contributed by atoms with Crippen molar-refractivity contribution in [3.63, 3.8) is 0 Å². The number of aliphatic carboxylic acids is 1. The lowest BCUT2D eigenvalue weighted by molar-refractivity contribution is -0.142. The van der Waals surface area contributed by atoms with Gasteiger partial charge in [-0.3, -0.25) is 19.2 Å². The molecule has 1 aromatic heterocycles. The van der Waals surface area contributed by atoms with Gasteiger partial charge in [0.05, 0.1) is 12.4 Å². The van der Waals surface area contributed by atoms with E-state index in [1.807, 2.05) is 6.92 Å². The van der Waals surface area contributed by atoms with Crippen LogP contribution < -0.4 is 27.4 Å². The molecule has 9 N–H and O–H groups in total. The number of carboxylic acid groups (broad SMARTS) is 1. The number of imidazole rings is 1. The van der Waals surface area contributed by atoms with E-state index < -0.39 is 53.8 Å². The first-order chi connectivity index (χ1) is 16.4. The number of aromatic amines is 1. The van der Waals surface area contributed by atoms with Crippen LogP contribution in [0.4, 0.5) is 0 Å². The van der Waals surface area contributed by atoms with E-state index in [4.69, 9.17) is 11.5 Å². The summed E-state index contributed by atoms with van der Waals surface area (Å²) in [7, 11) is 0. The van der Waals surface area contributed by atoms with Crippen LogP contribution in [0.15, 0.2) is 12.5 Å². The molecule has 0 bridgehead atoms. The fourth-order valence-corrected chi connectivity index (χ4v) is 3.16. The molecule has 1 heterocycles. The van der Waals surface area contributed by atoms with Crippen LogP contribution in [0.25, 0.3) is 0 Å². The van der Waals surface area contributed by atoms with Crippen LogP contribution in [0.3, 0.4) is 0 Å². The summed E-state index contributed by atoms with van der Waals surface area (Å²) in [4.78, 5) is 68.1. The quantitative estimate of drug-likeness (QED) is 0.156. The number of H-pyrrole nitrogens is 1. The van der Waals surface area contributed by atoms with Crippen molar-refractivity contribution >= 4 is 29.6 Å². The van der Waals surface area contributed by atoms with Gasteiger partial charge in [0.1, 0.15) is 18.1 Å². The van der Waals surface area contributed by atoms with Crippen LogP contribution in [-0.2, 0) is 30.4 Å². The Hall–Kier alpha value is -3.48. The van der Waals surface area contributed by atoms with E-state index in [9.17, 15) is 29.1 Å². The highest BCUT2D eigenvalue weighted by Gasteiger charge is 2.33. The third-order valence-electron chi connectivity index (χ3n) is 5.72. The first kappa shape index (κ1) is 29.6. The molecule has 4 amide bonds. The van der Waals surface area contributed by atoms with Crippen LogP contribution in [0.5, 0.6) is 0 Å². The largest absolute Gasteiger partial charge is 0.480 e. The fourth-order valence-electron chi connectivity index (χ4n) is 3.16. The van der Waals surface area contributed by atoms with Crippen molar-refractivity contribution in [2.45, 2.75) is 77.5 Å². The smallest absolute Gasteiger partial charge is 0.326 e. The highest BCUT2D eigenvalue weighted by atomic mass is 16.4. The summed E-state index contributed by atoms with van der Waals surface area (Å²) in [5.74, 6) is -4.38. The zero-order chi connectivity index (χ0) is 26.7. The van der Waals surface area contributed by atoms with Gasteiger partial charge in [0.25, 0.3) is 0 Å². The standard InChI is InChI=1S/C22H37N7O6/c1-5-12(4)18(29-20(32)17(24)11(2)3)21(33)28-15(8-13-9-25-10-26-13)19(31)27-14(22(34)35)6-7-16(23)30/h9-12,14-15,17-18H,5-8,24H2,1-4H3,(H2,23,30)(H,25,26)(H,27,31)(H,28,33)(H,29,32)(H,34,35). The first-order valence-corrected chi connectivity index (χ1v) is 11.5. The number of carboxylic acids is 1.